The number of ketones is 1. The first-order valence-electron chi connectivity index (χ1n) is 10.4. The third-order valence-electron chi connectivity index (χ3n) is 6.47. The van der Waals surface area contributed by atoms with E-state index < -0.39 is 5.79 Å². The van der Waals surface area contributed by atoms with Gasteiger partial charge in [0.2, 0.25) is 0 Å². The molecule has 24 heavy (non-hydrogen) atoms. The van der Waals surface area contributed by atoms with Gasteiger partial charge in [0, 0.05) is 12.3 Å². The maximum atomic E-state index is 13.2. The summed E-state index contributed by atoms with van der Waals surface area (Å²) < 4.78 is 11.5. The van der Waals surface area contributed by atoms with Gasteiger partial charge < -0.3 is 9.47 Å². The number of hydrogen-bond donors (Lipinski definition) is 0. The Morgan fingerprint density at radius 2 is 1.50 bits per heavy atom. The molecule has 0 N–H and O–H groups in total. The Kier molecular flexibility index (Phi) is 6.37. The minimum absolute atomic E-state index is 0.0994. The van der Waals surface area contributed by atoms with Crippen LogP contribution in [0.25, 0.3) is 0 Å². The molecule has 1 atom stereocenters. The van der Waals surface area contributed by atoms with Gasteiger partial charge in [0.25, 0.3) is 0 Å². The molecule has 3 rings (SSSR count). The van der Waals surface area contributed by atoms with E-state index in [1.165, 1.54) is 64.2 Å². The van der Waals surface area contributed by atoms with Gasteiger partial charge in [0.15, 0.2) is 5.79 Å². The second-order valence-electron chi connectivity index (χ2n) is 8.78. The van der Waals surface area contributed by atoms with E-state index in [4.69, 9.17) is 9.47 Å². The molecular formula is C21H36O3. The van der Waals surface area contributed by atoms with Crippen LogP contribution in [0.5, 0.6) is 0 Å². The SMILES string of the molecule is CC1(C)OCC(CCC(=O)C(C2CCCCC2)C2CCCCC2)O1. The van der Waals surface area contributed by atoms with Gasteiger partial charge in [-0.25, -0.2) is 0 Å². The summed E-state index contributed by atoms with van der Waals surface area (Å²) in [5, 5.41) is 0. The van der Waals surface area contributed by atoms with Crippen molar-refractivity contribution in [2.24, 2.45) is 17.8 Å². The van der Waals surface area contributed by atoms with E-state index in [0.717, 1.165) is 6.42 Å². The first-order chi connectivity index (χ1) is 11.6. The lowest BCUT2D eigenvalue weighted by molar-refractivity contribution is -0.141. The van der Waals surface area contributed by atoms with Gasteiger partial charge in [-0.2, -0.15) is 0 Å². The second-order valence-corrected chi connectivity index (χ2v) is 8.78. The molecule has 0 aromatic carbocycles. The number of carbonyl (C=O) groups excluding carboxylic acids is 1. The molecule has 1 aliphatic heterocycles. The molecule has 1 heterocycles. The van der Waals surface area contributed by atoms with Gasteiger partial charge in [0.1, 0.15) is 5.78 Å². The predicted octanol–water partition coefficient (Wildman–Crippen LogP) is 5.26. The molecule has 0 bridgehead atoms. The Labute approximate surface area is 147 Å². The maximum absolute atomic E-state index is 13.2. The van der Waals surface area contributed by atoms with Crippen LogP contribution in [0.15, 0.2) is 0 Å². The van der Waals surface area contributed by atoms with Gasteiger partial charge >= 0.3 is 0 Å². The first-order valence-corrected chi connectivity index (χ1v) is 10.4. The van der Waals surface area contributed by atoms with Crippen LogP contribution in [-0.4, -0.2) is 24.3 Å². The smallest absolute Gasteiger partial charge is 0.163 e. The molecule has 0 spiro atoms. The quantitative estimate of drug-likeness (QED) is 0.663. The lowest BCUT2D eigenvalue weighted by Crippen LogP contribution is -2.34. The molecule has 3 nitrogen and oxygen atoms in total. The third kappa shape index (κ3) is 4.82. The van der Waals surface area contributed by atoms with Crippen molar-refractivity contribution >= 4 is 5.78 Å². The lowest BCUT2D eigenvalue weighted by atomic mass is 9.67. The number of ether oxygens (including phenoxy) is 2. The molecule has 3 heteroatoms. The number of carbonyl (C=O) groups is 1. The van der Waals surface area contributed by atoms with Crippen LogP contribution in [0.3, 0.4) is 0 Å². The van der Waals surface area contributed by atoms with Crippen LogP contribution < -0.4 is 0 Å². The van der Waals surface area contributed by atoms with E-state index in [0.29, 0.717) is 36.6 Å². The highest BCUT2D eigenvalue weighted by Gasteiger charge is 2.37. The Hall–Kier alpha value is -0.410. The first kappa shape index (κ1) is 18.4. The van der Waals surface area contributed by atoms with Gasteiger partial charge in [-0.3, -0.25) is 4.79 Å². The van der Waals surface area contributed by atoms with Crippen LogP contribution in [0.2, 0.25) is 0 Å². The Morgan fingerprint density at radius 3 is 1.96 bits per heavy atom. The summed E-state index contributed by atoms with van der Waals surface area (Å²) >= 11 is 0. The average Bonchev–Trinajstić information content (AvgIpc) is 2.94. The maximum Gasteiger partial charge on any atom is 0.163 e. The van der Waals surface area contributed by atoms with Crippen molar-refractivity contribution in [1.82, 2.24) is 0 Å². The Morgan fingerprint density at radius 1 is 0.958 bits per heavy atom. The summed E-state index contributed by atoms with van der Waals surface area (Å²) in [5.74, 6) is 1.71. The van der Waals surface area contributed by atoms with Gasteiger partial charge in [-0.15, -0.1) is 0 Å². The minimum Gasteiger partial charge on any atom is -0.348 e. The van der Waals surface area contributed by atoms with Crippen molar-refractivity contribution < 1.29 is 14.3 Å². The minimum atomic E-state index is -0.472. The Bertz CT molecular complexity index is 387. The van der Waals surface area contributed by atoms with E-state index in [2.05, 4.69) is 0 Å². The summed E-state index contributed by atoms with van der Waals surface area (Å²) in [7, 11) is 0. The monoisotopic (exact) mass is 336 g/mol. The highest BCUT2D eigenvalue weighted by atomic mass is 16.7. The van der Waals surface area contributed by atoms with Crippen LogP contribution in [0.1, 0.15) is 90.9 Å². The van der Waals surface area contributed by atoms with E-state index in [1.807, 2.05) is 13.8 Å². The predicted molar refractivity (Wildman–Crippen MR) is 95.8 cm³/mol. The fourth-order valence-electron chi connectivity index (χ4n) is 5.27. The number of hydrogen-bond acceptors (Lipinski definition) is 3. The third-order valence-corrected chi connectivity index (χ3v) is 6.47. The molecule has 1 unspecified atom stereocenters. The fraction of sp³-hybridized carbons (Fsp3) is 0.952. The average molecular weight is 337 g/mol. The largest absolute Gasteiger partial charge is 0.348 e. The standard InChI is InChI=1S/C21H36O3/c1-21(2)23-15-18(24-21)13-14-19(22)20(16-9-5-3-6-10-16)17-11-7-4-8-12-17/h16-18,20H,3-15H2,1-2H3. The molecule has 2 saturated carbocycles. The summed E-state index contributed by atoms with van der Waals surface area (Å²) in [5.41, 5.74) is 0. The molecular weight excluding hydrogens is 300 g/mol. The number of Topliss-reactive ketones (excluding diaryl/α,β-unsaturated/α-hetero) is 1. The fourth-order valence-corrected chi connectivity index (χ4v) is 5.27. The normalized spacial score (nSPS) is 29.2. The van der Waals surface area contributed by atoms with Crippen molar-refractivity contribution in [3.8, 4) is 0 Å². The van der Waals surface area contributed by atoms with E-state index in [9.17, 15) is 4.79 Å². The molecule has 0 aromatic heterocycles. The van der Waals surface area contributed by atoms with Crippen molar-refractivity contribution in [1.29, 1.82) is 0 Å². The van der Waals surface area contributed by atoms with Crippen molar-refractivity contribution in [2.45, 2.75) is 103 Å². The van der Waals surface area contributed by atoms with Crippen LogP contribution in [-0.2, 0) is 14.3 Å². The molecule has 2 aliphatic carbocycles. The zero-order chi connectivity index (χ0) is 17.0. The summed E-state index contributed by atoms with van der Waals surface area (Å²) in [6.07, 6.45) is 14.8. The van der Waals surface area contributed by atoms with Crippen molar-refractivity contribution in [3.63, 3.8) is 0 Å². The van der Waals surface area contributed by atoms with Gasteiger partial charge in [-0.05, 0) is 57.8 Å². The van der Waals surface area contributed by atoms with E-state index >= 15 is 0 Å². The summed E-state index contributed by atoms with van der Waals surface area (Å²) in [6.45, 7) is 4.56. The molecule has 1 saturated heterocycles. The number of rotatable bonds is 6. The molecule has 0 aromatic rings. The molecule has 0 radical (unpaired) electrons. The molecule has 3 fully saturated rings. The molecule has 0 amide bonds. The van der Waals surface area contributed by atoms with Crippen LogP contribution in [0.4, 0.5) is 0 Å². The van der Waals surface area contributed by atoms with Gasteiger partial charge in [0.05, 0.1) is 12.7 Å². The second kappa shape index (κ2) is 8.31. The highest BCUT2D eigenvalue weighted by molar-refractivity contribution is 5.81. The summed E-state index contributed by atoms with van der Waals surface area (Å²) in [4.78, 5) is 13.2. The Balaban J connectivity index is 1.57. The summed E-state index contributed by atoms with van der Waals surface area (Å²) in [6, 6.07) is 0. The van der Waals surface area contributed by atoms with Gasteiger partial charge in [-0.1, -0.05) is 38.5 Å². The zero-order valence-corrected chi connectivity index (χ0v) is 15.7. The molecule has 138 valence electrons. The topological polar surface area (TPSA) is 35.5 Å². The van der Waals surface area contributed by atoms with Crippen LogP contribution in [0, 0.1) is 17.8 Å². The zero-order valence-electron chi connectivity index (χ0n) is 15.7. The van der Waals surface area contributed by atoms with Crippen LogP contribution >= 0.6 is 0 Å². The highest BCUT2D eigenvalue weighted by Crippen LogP contribution is 2.41. The van der Waals surface area contributed by atoms with Crippen molar-refractivity contribution in [3.05, 3.63) is 0 Å². The van der Waals surface area contributed by atoms with E-state index in [-0.39, 0.29) is 6.10 Å². The van der Waals surface area contributed by atoms with E-state index in [1.54, 1.807) is 0 Å². The molecule has 3 aliphatic rings. The lowest BCUT2D eigenvalue weighted by Gasteiger charge is -2.37. The van der Waals surface area contributed by atoms with Crippen molar-refractivity contribution in [2.75, 3.05) is 6.61 Å².